The fourth-order valence-corrected chi connectivity index (χ4v) is 2.47. The second kappa shape index (κ2) is 7.98. The van der Waals surface area contributed by atoms with Gasteiger partial charge in [-0.15, -0.1) is 0 Å². The van der Waals surface area contributed by atoms with E-state index in [0.29, 0.717) is 6.04 Å². The maximum absolute atomic E-state index is 12.0. The summed E-state index contributed by atoms with van der Waals surface area (Å²) in [7, 11) is 0. The summed E-state index contributed by atoms with van der Waals surface area (Å²) in [6.45, 7) is 6.27. The van der Waals surface area contributed by atoms with Gasteiger partial charge in [0.1, 0.15) is 5.69 Å². The van der Waals surface area contributed by atoms with Gasteiger partial charge in [0, 0.05) is 25.2 Å². The number of carboxylic acids is 1. The Bertz CT molecular complexity index is 493. The number of carbonyl (C=O) groups excluding carboxylic acids is 2. The Morgan fingerprint density at radius 1 is 1.29 bits per heavy atom. The number of likely N-dealkylation sites (tertiary alicyclic amines) is 1. The third-order valence-electron chi connectivity index (χ3n) is 3.75. The first-order valence-electron chi connectivity index (χ1n) is 6.92. The van der Waals surface area contributed by atoms with Crippen molar-refractivity contribution in [3.8, 4) is 0 Å². The minimum Gasteiger partial charge on any atom is -0.543 e. The van der Waals surface area contributed by atoms with Crippen LogP contribution < -0.4 is 40.0 Å². The average molecular weight is 301 g/mol. The Labute approximate surface area is 146 Å². The summed E-state index contributed by atoms with van der Waals surface area (Å²) >= 11 is 0. The topological polar surface area (TPSA) is 88.3 Å². The largest absolute Gasteiger partial charge is 1.00 e. The van der Waals surface area contributed by atoms with Crippen molar-refractivity contribution < 1.29 is 44.3 Å². The number of piperidine rings is 1. The molecule has 6 nitrogen and oxygen atoms in total. The number of hydrogen-bond acceptors (Lipinski definition) is 4. The molecule has 110 valence electrons. The summed E-state index contributed by atoms with van der Waals surface area (Å²) in [6, 6.07) is 3.47. The summed E-state index contributed by atoms with van der Waals surface area (Å²) in [5.41, 5.74) is 0.181. The van der Waals surface area contributed by atoms with E-state index in [9.17, 15) is 14.7 Å². The van der Waals surface area contributed by atoms with Crippen LogP contribution in [-0.4, -0.2) is 46.9 Å². The second-order valence-electron chi connectivity index (χ2n) is 5.45. The van der Waals surface area contributed by atoms with Crippen LogP contribution in [0.4, 0.5) is 0 Å². The van der Waals surface area contributed by atoms with Crippen LogP contribution in [0.2, 0.25) is 0 Å². The maximum atomic E-state index is 12.0. The number of nitrogens with one attached hydrogen (secondary N) is 2. The average Bonchev–Trinajstić information content (AvgIpc) is 2.89. The van der Waals surface area contributed by atoms with Crippen LogP contribution in [0, 0.1) is 0 Å². The van der Waals surface area contributed by atoms with Crippen LogP contribution in [0.25, 0.3) is 0 Å². The quantitative estimate of drug-likeness (QED) is 0.580. The number of carboxylic acid groups (broad SMARTS) is 1. The van der Waals surface area contributed by atoms with Gasteiger partial charge in [-0.25, -0.2) is 0 Å². The predicted molar refractivity (Wildman–Crippen MR) is 72.3 cm³/mol. The third-order valence-corrected chi connectivity index (χ3v) is 3.75. The zero-order valence-electron chi connectivity index (χ0n) is 12.8. The van der Waals surface area contributed by atoms with Gasteiger partial charge in [-0.1, -0.05) is 0 Å². The zero-order valence-corrected chi connectivity index (χ0v) is 14.8. The Balaban J connectivity index is 0.00000220. The Hall–Kier alpha value is -0.820. The van der Waals surface area contributed by atoms with Crippen molar-refractivity contribution in [2.75, 3.05) is 13.1 Å². The van der Waals surface area contributed by atoms with Crippen LogP contribution in [-0.2, 0) is 0 Å². The molecule has 1 aliphatic heterocycles. The first-order chi connectivity index (χ1) is 9.47. The molecular formula is C14H20N3NaO3. The number of H-pyrrole nitrogens is 1. The molecular weight excluding hydrogens is 281 g/mol. The number of hydrogen-bond donors (Lipinski definition) is 2. The monoisotopic (exact) mass is 301 g/mol. The summed E-state index contributed by atoms with van der Waals surface area (Å²) in [5, 5.41) is 13.6. The summed E-state index contributed by atoms with van der Waals surface area (Å²) in [4.78, 5) is 27.6. The molecule has 1 fully saturated rings. The fourth-order valence-electron chi connectivity index (χ4n) is 2.47. The van der Waals surface area contributed by atoms with Crippen molar-refractivity contribution in [2.45, 2.75) is 38.8 Å². The van der Waals surface area contributed by atoms with Crippen molar-refractivity contribution in [2.24, 2.45) is 0 Å². The van der Waals surface area contributed by atoms with Crippen LogP contribution in [0.5, 0.6) is 0 Å². The van der Waals surface area contributed by atoms with E-state index in [4.69, 9.17) is 0 Å². The zero-order chi connectivity index (χ0) is 14.7. The molecule has 0 bridgehead atoms. The Kier molecular flexibility index (Phi) is 6.93. The van der Waals surface area contributed by atoms with Gasteiger partial charge in [0.15, 0.2) is 0 Å². The first-order valence-corrected chi connectivity index (χ1v) is 6.92. The van der Waals surface area contributed by atoms with Gasteiger partial charge in [0.2, 0.25) is 0 Å². The molecule has 7 heteroatoms. The number of aromatic amines is 1. The van der Waals surface area contributed by atoms with Gasteiger partial charge in [-0.2, -0.15) is 0 Å². The second-order valence-corrected chi connectivity index (χ2v) is 5.45. The van der Waals surface area contributed by atoms with Crippen molar-refractivity contribution >= 4 is 11.9 Å². The van der Waals surface area contributed by atoms with E-state index < -0.39 is 5.97 Å². The van der Waals surface area contributed by atoms with Crippen LogP contribution in [0.15, 0.2) is 12.1 Å². The van der Waals surface area contributed by atoms with Gasteiger partial charge in [0.25, 0.3) is 5.91 Å². The molecule has 1 aliphatic rings. The molecule has 0 unspecified atom stereocenters. The maximum Gasteiger partial charge on any atom is 1.00 e. The number of rotatable bonds is 4. The molecule has 2 N–H and O–H groups in total. The SMILES string of the molecule is CC(C)N1CCC(NC(=O)c2ccc(C(=O)[O-])[nH]2)CC1.[Na+]. The van der Waals surface area contributed by atoms with Crippen LogP contribution in [0.1, 0.15) is 47.7 Å². The summed E-state index contributed by atoms with van der Waals surface area (Å²) in [6.07, 6.45) is 1.83. The molecule has 2 heterocycles. The number of amides is 1. The summed E-state index contributed by atoms with van der Waals surface area (Å²) in [5.74, 6) is -1.57. The Morgan fingerprint density at radius 3 is 2.33 bits per heavy atom. The Morgan fingerprint density at radius 2 is 1.86 bits per heavy atom. The van der Waals surface area contributed by atoms with E-state index in [1.807, 2.05) is 0 Å². The van der Waals surface area contributed by atoms with Crippen LogP contribution in [0.3, 0.4) is 0 Å². The van der Waals surface area contributed by atoms with E-state index in [-0.39, 0.29) is 52.9 Å². The molecule has 0 spiro atoms. The van der Waals surface area contributed by atoms with Gasteiger partial charge in [0.05, 0.1) is 11.7 Å². The molecule has 0 aliphatic carbocycles. The number of aromatic nitrogens is 1. The molecule has 0 atom stereocenters. The fraction of sp³-hybridized carbons (Fsp3) is 0.571. The van der Waals surface area contributed by atoms with Crippen LogP contribution >= 0.6 is 0 Å². The minimum atomic E-state index is -1.31. The number of carbonyl (C=O) groups is 2. The molecule has 1 aromatic heterocycles. The molecule has 1 saturated heterocycles. The number of nitrogens with zero attached hydrogens (tertiary/aromatic N) is 1. The van der Waals surface area contributed by atoms with E-state index in [2.05, 4.69) is 29.0 Å². The van der Waals surface area contributed by atoms with Crippen molar-refractivity contribution in [1.29, 1.82) is 0 Å². The van der Waals surface area contributed by atoms with E-state index in [0.717, 1.165) is 25.9 Å². The molecule has 0 saturated carbocycles. The predicted octanol–water partition coefficient (Wildman–Crippen LogP) is -3.02. The van der Waals surface area contributed by atoms with E-state index in [1.165, 1.54) is 12.1 Å². The molecule has 21 heavy (non-hydrogen) atoms. The van der Waals surface area contributed by atoms with Gasteiger partial charge in [-0.3, -0.25) is 4.79 Å². The van der Waals surface area contributed by atoms with Crippen molar-refractivity contribution in [3.05, 3.63) is 23.5 Å². The molecule has 1 amide bonds. The first kappa shape index (κ1) is 18.2. The smallest absolute Gasteiger partial charge is 0.543 e. The van der Waals surface area contributed by atoms with Gasteiger partial charge in [-0.05, 0) is 38.8 Å². The van der Waals surface area contributed by atoms with E-state index in [1.54, 1.807) is 0 Å². The third kappa shape index (κ3) is 4.85. The standard InChI is InChI=1S/C14H21N3O3.Na/c1-9(2)17-7-5-10(6-8-17)15-13(18)11-3-4-12(16-11)14(19)20;/h3-4,9-10,16H,5-8H2,1-2H3,(H,15,18)(H,19,20);/q;+1/p-1. The molecule has 1 aromatic rings. The van der Waals surface area contributed by atoms with E-state index >= 15 is 0 Å². The van der Waals surface area contributed by atoms with Crippen molar-refractivity contribution in [1.82, 2.24) is 15.2 Å². The molecule has 2 rings (SSSR count). The number of aromatic carboxylic acids is 1. The van der Waals surface area contributed by atoms with Crippen molar-refractivity contribution in [3.63, 3.8) is 0 Å². The molecule has 0 radical (unpaired) electrons. The normalized spacial score (nSPS) is 16.5. The van der Waals surface area contributed by atoms with Gasteiger partial charge >= 0.3 is 29.6 Å². The minimum absolute atomic E-state index is 0. The van der Waals surface area contributed by atoms with Gasteiger partial charge < -0.3 is 25.1 Å². The molecule has 0 aromatic carbocycles. The summed E-state index contributed by atoms with van der Waals surface area (Å²) < 4.78 is 0.